The number of carbonyl (C=O) groups excluding carboxylic acids is 1. The Morgan fingerprint density at radius 1 is 1.27 bits per heavy atom. The molecule has 0 aliphatic carbocycles. The molecule has 1 atom stereocenters. The minimum Gasteiger partial charge on any atom is -0.464 e. The van der Waals surface area contributed by atoms with Gasteiger partial charge in [-0.2, -0.15) is 0 Å². The maximum absolute atomic E-state index is 12.4. The fourth-order valence-electron chi connectivity index (χ4n) is 2.35. The van der Waals surface area contributed by atoms with Crippen molar-refractivity contribution in [2.45, 2.75) is 52.5 Å². The summed E-state index contributed by atoms with van der Waals surface area (Å²) in [4.78, 5) is 16.6. The summed E-state index contributed by atoms with van der Waals surface area (Å²) in [5.74, 6) is 0.691. The van der Waals surface area contributed by atoms with E-state index in [4.69, 9.17) is 4.74 Å². The van der Waals surface area contributed by atoms with E-state index in [9.17, 15) is 4.79 Å². The maximum Gasteiger partial charge on any atom is 0.311 e. The molecule has 1 rings (SSSR count). The topological polar surface area (TPSA) is 39.2 Å². The van der Waals surface area contributed by atoms with E-state index in [0.717, 1.165) is 23.6 Å². The van der Waals surface area contributed by atoms with Gasteiger partial charge in [0.1, 0.15) is 11.6 Å². The quantitative estimate of drug-likeness (QED) is 0.368. The van der Waals surface area contributed by atoms with Gasteiger partial charge in [0.15, 0.2) is 0 Å². The third-order valence-electron chi connectivity index (χ3n) is 3.38. The first-order valence-electron chi connectivity index (χ1n) is 7.64. The zero-order chi connectivity index (χ0) is 16.6. The van der Waals surface area contributed by atoms with Gasteiger partial charge in [-0.1, -0.05) is 44.6 Å². The van der Waals surface area contributed by atoms with Crippen LogP contribution in [-0.4, -0.2) is 23.3 Å². The fraction of sp³-hybridized carbons (Fsp3) is 0.647. The minimum absolute atomic E-state index is 0.0756. The van der Waals surface area contributed by atoms with E-state index in [0.29, 0.717) is 6.61 Å². The third-order valence-corrected chi connectivity index (χ3v) is 5.60. The number of hydrogen-bond donors (Lipinski definition) is 0. The predicted molar refractivity (Wildman–Crippen MR) is 96.0 cm³/mol. The largest absolute Gasteiger partial charge is 0.464 e. The molecule has 0 bridgehead atoms. The standard InChI is InChI=1S/C17H27NO2S2/c1-6-17(5,13-16(2,3)4)15(19)20-11-12-21-22-14-9-7-8-10-18-14/h7-10H,6,11-13H2,1-5H3. The van der Waals surface area contributed by atoms with E-state index in [-0.39, 0.29) is 11.4 Å². The zero-order valence-corrected chi connectivity index (χ0v) is 15.9. The van der Waals surface area contributed by atoms with Crippen LogP contribution in [0, 0.1) is 10.8 Å². The molecule has 0 aromatic carbocycles. The van der Waals surface area contributed by atoms with Gasteiger partial charge >= 0.3 is 5.97 Å². The summed E-state index contributed by atoms with van der Waals surface area (Å²) in [7, 11) is 3.27. The van der Waals surface area contributed by atoms with E-state index in [1.54, 1.807) is 27.8 Å². The fourth-order valence-corrected chi connectivity index (χ4v) is 4.06. The Kier molecular flexibility index (Phi) is 7.77. The molecule has 0 saturated heterocycles. The lowest BCUT2D eigenvalue weighted by Crippen LogP contribution is -2.33. The Labute approximate surface area is 142 Å². The van der Waals surface area contributed by atoms with Crippen LogP contribution in [0.4, 0.5) is 0 Å². The molecule has 124 valence electrons. The van der Waals surface area contributed by atoms with Crippen molar-refractivity contribution < 1.29 is 9.53 Å². The monoisotopic (exact) mass is 341 g/mol. The Hall–Kier alpha value is -0.680. The van der Waals surface area contributed by atoms with Crippen LogP contribution in [0.5, 0.6) is 0 Å². The van der Waals surface area contributed by atoms with E-state index in [1.807, 2.05) is 25.1 Å². The van der Waals surface area contributed by atoms with Crippen molar-refractivity contribution in [1.29, 1.82) is 0 Å². The first-order valence-corrected chi connectivity index (χ1v) is 9.96. The highest BCUT2D eigenvalue weighted by Gasteiger charge is 2.36. The molecule has 0 aliphatic heterocycles. The molecule has 0 radical (unpaired) electrons. The summed E-state index contributed by atoms with van der Waals surface area (Å²) in [5.41, 5.74) is -0.273. The van der Waals surface area contributed by atoms with Gasteiger partial charge in [0.05, 0.1) is 5.41 Å². The molecule has 0 fully saturated rings. The lowest BCUT2D eigenvalue weighted by atomic mass is 9.73. The molecule has 0 N–H and O–H groups in total. The van der Waals surface area contributed by atoms with Crippen molar-refractivity contribution in [2.24, 2.45) is 10.8 Å². The molecule has 1 aromatic rings. The Morgan fingerprint density at radius 2 is 2.00 bits per heavy atom. The second-order valence-electron chi connectivity index (χ2n) is 6.86. The summed E-state index contributed by atoms with van der Waals surface area (Å²) < 4.78 is 5.49. The zero-order valence-electron chi connectivity index (χ0n) is 14.2. The van der Waals surface area contributed by atoms with E-state index in [2.05, 4.69) is 32.7 Å². The molecule has 0 spiro atoms. The van der Waals surface area contributed by atoms with Crippen LogP contribution in [-0.2, 0) is 9.53 Å². The van der Waals surface area contributed by atoms with Gasteiger partial charge in [0.2, 0.25) is 0 Å². The van der Waals surface area contributed by atoms with Gasteiger partial charge in [0, 0.05) is 11.9 Å². The van der Waals surface area contributed by atoms with Gasteiger partial charge in [-0.15, -0.1) is 0 Å². The van der Waals surface area contributed by atoms with Gasteiger partial charge < -0.3 is 4.74 Å². The average Bonchev–Trinajstić information content (AvgIpc) is 2.46. The lowest BCUT2D eigenvalue weighted by Gasteiger charge is -2.32. The number of aromatic nitrogens is 1. The van der Waals surface area contributed by atoms with E-state index in [1.165, 1.54) is 0 Å². The lowest BCUT2D eigenvalue weighted by molar-refractivity contribution is -0.156. The summed E-state index contributed by atoms with van der Waals surface area (Å²) >= 11 is 0. The Balaban J connectivity index is 2.32. The van der Waals surface area contributed by atoms with Gasteiger partial charge in [0.25, 0.3) is 0 Å². The number of hydrogen-bond acceptors (Lipinski definition) is 5. The highest BCUT2D eigenvalue weighted by Crippen LogP contribution is 2.37. The van der Waals surface area contributed by atoms with E-state index < -0.39 is 5.41 Å². The third kappa shape index (κ3) is 7.05. The number of carbonyl (C=O) groups is 1. The molecule has 0 saturated carbocycles. The highest BCUT2D eigenvalue weighted by atomic mass is 33.1. The van der Waals surface area contributed by atoms with Crippen LogP contribution in [0.1, 0.15) is 47.5 Å². The molecule has 3 nitrogen and oxygen atoms in total. The van der Waals surface area contributed by atoms with Crippen LogP contribution in [0.15, 0.2) is 29.4 Å². The molecule has 0 amide bonds. The smallest absolute Gasteiger partial charge is 0.311 e. The van der Waals surface area contributed by atoms with Crippen molar-refractivity contribution in [3.05, 3.63) is 24.4 Å². The molecular weight excluding hydrogens is 314 g/mol. The van der Waals surface area contributed by atoms with Crippen LogP contribution < -0.4 is 0 Å². The van der Waals surface area contributed by atoms with Crippen molar-refractivity contribution >= 4 is 27.6 Å². The van der Waals surface area contributed by atoms with Crippen LogP contribution in [0.25, 0.3) is 0 Å². The molecular formula is C17H27NO2S2. The summed E-state index contributed by atoms with van der Waals surface area (Å²) in [6.45, 7) is 11.0. The SMILES string of the molecule is CCC(C)(CC(C)(C)C)C(=O)OCCSSc1ccccn1. The first kappa shape index (κ1) is 19.4. The van der Waals surface area contributed by atoms with Crippen molar-refractivity contribution in [2.75, 3.05) is 12.4 Å². The predicted octanol–water partition coefficient (Wildman–Crippen LogP) is 5.22. The van der Waals surface area contributed by atoms with Crippen molar-refractivity contribution in [1.82, 2.24) is 4.98 Å². The van der Waals surface area contributed by atoms with Gasteiger partial charge in [-0.25, -0.2) is 4.98 Å². The van der Waals surface area contributed by atoms with Crippen LogP contribution >= 0.6 is 21.6 Å². The summed E-state index contributed by atoms with van der Waals surface area (Å²) in [5, 5.41) is 0.977. The first-order chi connectivity index (χ1) is 10.3. The Bertz CT molecular complexity index is 459. The number of nitrogens with zero attached hydrogens (tertiary/aromatic N) is 1. The maximum atomic E-state index is 12.4. The second kappa shape index (κ2) is 8.82. The van der Waals surface area contributed by atoms with E-state index >= 15 is 0 Å². The average molecular weight is 342 g/mol. The number of rotatable bonds is 8. The Morgan fingerprint density at radius 3 is 2.55 bits per heavy atom. The van der Waals surface area contributed by atoms with Crippen molar-refractivity contribution in [3.63, 3.8) is 0 Å². The molecule has 1 unspecified atom stereocenters. The number of pyridine rings is 1. The van der Waals surface area contributed by atoms with Crippen LogP contribution in [0.3, 0.4) is 0 Å². The molecule has 0 aliphatic rings. The molecule has 1 aromatic heterocycles. The summed E-state index contributed by atoms with van der Waals surface area (Å²) in [6, 6.07) is 5.84. The molecule has 1 heterocycles. The molecule has 22 heavy (non-hydrogen) atoms. The van der Waals surface area contributed by atoms with Crippen LogP contribution in [0.2, 0.25) is 0 Å². The number of esters is 1. The normalized spacial score (nSPS) is 14.4. The second-order valence-corrected chi connectivity index (χ2v) is 9.30. The van der Waals surface area contributed by atoms with Gasteiger partial charge in [-0.3, -0.25) is 4.79 Å². The minimum atomic E-state index is -0.392. The highest BCUT2D eigenvalue weighted by molar-refractivity contribution is 8.76. The van der Waals surface area contributed by atoms with Crippen molar-refractivity contribution in [3.8, 4) is 0 Å². The number of ether oxygens (including phenoxy) is 1. The van der Waals surface area contributed by atoms with Gasteiger partial charge in [-0.05, 0) is 48.1 Å². The summed E-state index contributed by atoms with van der Waals surface area (Å²) in [6.07, 6.45) is 3.42. The molecule has 5 heteroatoms.